The van der Waals surface area contributed by atoms with Gasteiger partial charge in [-0.05, 0) is 37.5 Å². The van der Waals surface area contributed by atoms with Gasteiger partial charge in [-0.25, -0.2) is 0 Å². The highest BCUT2D eigenvalue weighted by atomic mass is 16.1. The molecule has 0 aromatic rings. The van der Waals surface area contributed by atoms with Gasteiger partial charge in [0.15, 0.2) is 0 Å². The third kappa shape index (κ3) is 22.1. The zero-order valence-electron chi connectivity index (χ0n) is 16.3. The maximum absolute atomic E-state index is 10.6. The smallest absolute Gasteiger partial charge is 0.217 e. The number of unbranched alkanes of at least 4 members (excludes halogenated alkanes) is 12. The molecule has 4 heteroatoms. The fourth-order valence-corrected chi connectivity index (χ4v) is 2.65. The first-order valence-electron chi connectivity index (χ1n) is 10.1. The molecule has 0 spiro atoms. The molecule has 0 heterocycles. The van der Waals surface area contributed by atoms with Crippen LogP contribution in [0.15, 0.2) is 0 Å². The van der Waals surface area contributed by atoms with Crippen LogP contribution in [0.25, 0.3) is 0 Å². The molecule has 0 fully saturated rings. The van der Waals surface area contributed by atoms with Crippen LogP contribution in [0.1, 0.15) is 103 Å². The number of hydrogen-bond donors (Lipinski definition) is 2. The van der Waals surface area contributed by atoms with E-state index in [1.165, 1.54) is 38.5 Å². The molecule has 0 saturated heterocycles. The minimum absolute atomic E-state index is 0.196. The molecule has 0 aliphatic rings. The first-order valence-corrected chi connectivity index (χ1v) is 10.1. The van der Waals surface area contributed by atoms with Gasteiger partial charge in [-0.3, -0.25) is 9.59 Å². The van der Waals surface area contributed by atoms with Crippen LogP contribution in [0.2, 0.25) is 0 Å². The molecule has 0 unspecified atom stereocenters. The fraction of sp³-hybridized carbons (Fsp3) is 0.727. The third-order valence-electron chi connectivity index (χ3n) is 4.19. The Labute approximate surface area is 159 Å². The predicted octanol–water partition coefficient (Wildman–Crippen LogP) is 4.21. The minimum atomic E-state index is -0.196. The summed E-state index contributed by atoms with van der Waals surface area (Å²) >= 11 is 0. The van der Waals surface area contributed by atoms with Crippen molar-refractivity contribution in [3.05, 3.63) is 0 Å². The van der Waals surface area contributed by atoms with Crippen LogP contribution in [-0.2, 0) is 9.59 Å². The molecule has 0 atom stereocenters. The second-order valence-corrected chi connectivity index (χ2v) is 6.78. The Bertz CT molecular complexity index is 446. The van der Waals surface area contributed by atoms with Crippen molar-refractivity contribution in [1.82, 2.24) is 0 Å². The molecule has 0 aliphatic carbocycles. The zero-order chi connectivity index (χ0) is 19.3. The van der Waals surface area contributed by atoms with E-state index < -0.39 is 0 Å². The molecule has 0 radical (unpaired) electrons. The molecular weight excluding hydrogens is 324 g/mol. The second-order valence-electron chi connectivity index (χ2n) is 6.78. The van der Waals surface area contributed by atoms with Crippen molar-refractivity contribution >= 4 is 11.8 Å². The molecule has 4 nitrogen and oxygen atoms in total. The van der Waals surface area contributed by atoms with Crippen LogP contribution in [0.3, 0.4) is 0 Å². The lowest BCUT2D eigenvalue weighted by Crippen LogP contribution is -2.09. The highest BCUT2D eigenvalue weighted by molar-refractivity contribution is 5.73. The van der Waals surface area contributed by atoms with Gasteiger partial charge in [0.2, 0.25) is 11.8 Å². The van der Waals surface area contributed by atoms with Gasteiger partial charge < -0.3 is 11.5 Å². The van der Waals surface area contributed by atoms with Crippen LogP contribution in [0, 0.1) is 23.7 Å². The lowest BCUT2D eigenvalue weighted by Gasteiger charge is -1.98. The number of carbonyl (C=O) groups excluding carboxylic acids is 2. The molecular formula is C22H36N2O2. The highest BCUT2D eigenvalue weighted by Gasteiger charge is 1.95. The molecule has 0 aromatic heterocycles. The van der Waals surface area contributed by atoms with Gasteiger partial charge >= 0.3 is 0 Å². The van der Waals surface area contributed by atoms with Gasteiger partial charge in [0.25, 0.3) is 0 Å². The van der Waals surface area contributed by atoms with Crippen molar-refractivity contribution in [2.45, 2.75) is 103 Å². The molecule has 0 bridgehead atoms. The average Bonchev–Trinajstić information content (AvgIpc) is 2.59. The summed E-state index contributed by atoms with van der Waals surface area (Å²) in [5.74, 6) is 11.7. The van der Waals surface area contributed by atoms with Crippen LogP contribution >= 0.6 is 0 Å². The number of hydrogen-bond acceptors (Lipinski definition) is 2. The monoisotopic (exact) mass is 360 g/mol. The second kappa shape index (κ2) is 19.4. The summed E-state index contributed by atoms with van der Waals surface area (Å²) in [6.45, 7) is 0. The summed E-state index contributed by atoms with van der Waals surface area (Å²) in [5, 5.41) is 0. The molecule has 26 heavy (non-hydrogen) atoms. The third-order valence-corrected chi connectivity index (χ3v) is 4.19. The van der Waals surface area contributed by atoms with E-state index in [9.17, 15) is 9.59 Å². The van der Waals surface area contributed by atoms with Crippen LogP contribution in [0.4, 0.5) is 0 Å². The number of amides is 2. The van der Waals surface area contributed by atoms with E-state index in [1.807, 2.05) is 0 Å². The Balaban J connectivity index is 3.29. The van der Waals surface area contributed by atoms with Gasteiger partial charge in [0.1, 0.15) is 0 Å². The van der Waals surface area contributed by atoms with E-state index >= 15 is 0 Å². The van der Waals surface area contributed by atoms with Crippen molar-refractivity contribution in [3.8, 4) is 23.7 Å². The van der Waals surface area contributed by atoms with E-state index in [1.54, 1.807) is 0 Å². The normalized spacial score (nSPS) is 9.69. The lowest BCUT2D eigenvalue weighted by molar-refractivity contribution is -0.119. The number of carbonyl (C=O) groups is 2. The van der Waals surface area contributed by atoms with E-state index in [2.05, 4.69) is 23.7 Å². The Morgan fingerprint density at radius 2 is 0.808 bits per heavy atom. The van der Waals surface area contributed by atoms with Crippen molar-refractivity contribution in [3.63, 3.8) is 0 Å². The molecule has 0 rings (SSSR count). The van der Waals surface area contributed by atoms with Gasteiger partial charge in [-0.15, -0.1) is 0 Å². The lowest BCUT2D eigenvalue weighted by atomic mass is 10.1. The minimum Gasteiger partial charge on any atom is -0.370 e. The average molecular weight is 361 g/mol. The summed E-state index contributed by atoms with van der Waals surface area (Å²) in [7, 11) is 0. The molecule has 146 valence electrons. The van der Waals surface area contributed by atoms with Crippen LogP contribution in [0.5, 0.6) is 0 Å². The maximum Gasteiger partial charge on any atom is 0.217 e. The van der Waals surface area contributed by atoms with Gasteiger partial charge in [-0.1, -0.05) is 63.2 Å². The van der Waals surface area contributed by atoms with Crippen LogP contribution in [-0.4, -0.2) is 11.8 Å². The van der Waals surface area contributed by atoms with Crippen molar-refractivity contribution in [2.24, 2.45) is 11.5 Å². The molecule has 0 saturated carbocycles. The standard InChI is InChI=1S/C22H36N2O2/c23-21(25)19-17-15-13-11-9-7-5-3-1-2-4-6-8-10-12-14-16-18-20-22(24)26/h5-20H2,(H2,23,25)(H2,24,26). The highest BCUT2D eigenvalue weighted by Crippen LogP contribution is 2.08. The SMILES string of the molecule is NC(=O)CCCCCCCCC#CC#CCCCCCCCCC(N)=O. The Kier molecular flexibility index (Phi) is 17.9. The van der Waals surface area contributed by atoms with Gasteiger partial charge in [0, 0.05) is 25.7 Å². The van der Waals surface area contributed by atoms with Gasteiger partial charge in [0.05, 0.1) is 0 Å². The van der Waals surface area contributed by atoms with Crippen molar-refractivity contribution in [2.75, 3.05) is 0 Å². The number of nitrogens with two attached hydrogens (primary N) is 2. The van der Waals surface area contributed by atoms with E-state index in [0.717, 1.165) is 51.4 Å². The van der Waals surface area contributed by atoms with Gasteiger partial charge in [-0.2, -0.15) is 0 Å². The molecule has 4 N–H and O–H groups in total. The Morgan fingerprint density at radius 3 is 1.15 bits per heavy atom. The first kappa shape index (κ1) is 24.1. The summed E-state index contributed by atoms with van der Waals surface area (Å²) in [4.78, 5) is 21.2. The quantitative estimate of drug-likeness (QED) is 0.319. The van der Waals surface area contributed by atoms with E-state index in [4.69, 9.17) is 11.5 Å². The summed E-state index contributed by atoms with van der Waals surface area (Å²) < 4.78 is 0. The fourth-order valence-electron chi connectivity index (χ4n) is 2.65. The first-order chi connectivity index (χ1) is 12.6. The zero-order valence-corrected chi connectivity index (χ0v) is 16.3. The summed E-state index contributed by atoms with van der Waals surface area (Å²) in [6.07, 6.45) is 16.3. The number of primary amides is 2. The molecule has 0 aliphatic heterocycles. The Hall–Kier alpha value is -1.94. The molecule has 0 aromatic carbocycles. The number of rotatable bonds is 16. The van der Waals surface area contributed by atoms with Crippen LogP contribution < -0.4 is 11.5 Å². The van der Waals surface area contributed by atoms with Crippen molar-refractivity contribution < 1.29 is 9.59 Å². The topological polar surface area (TPSA) is 86.2 Å². The van der Waals surface area contributed by atoms with E-state index in [0.29, 0.717) is 12.8 Å². The Morgan fingerprint density at radius 1 is 0.500 bits per heavy atom. The van der Waals surface area contributed by atoms with Crippen molar-refractivity contribution in [1.29, 1.82) is 0 Å². The largest absolute Gasteiger partial charge is 0.370 e. The summed E-state index contributed by atoms with van der Waals surface area (Å²) in [6, 6.07) is 0. The van der Waals surface area contributed by atoms with E-state index in [-0.39, 0.29) is 11.8 Å². The maximum atomic E-state index is 10.6. The molecule has 2 amide bonds. The predicted molar refractivity (Wildman–Crippen MR) is 108 cm³/mol. The summed E-state index contributed by atoms with van der Waals surface area (Å²) in [5.41, 5.74) is 10.2.